The number of rotatable bonds is 4. The van der Waals surface area contributed by atoms with Crippen LogP contribution in [-0.4, -0.2) is 36.5 Å². The Kier molecular flexibility index (Phi) is 5.01. The number of carbonyl (C=O) groups is 1. The van der Waals surface area contributed by atoms with Gasteiger partial charge in [0.2, 0.25) is 0 Å². The highest BCUT2D eigenvalue weighted by Gasteiger charge is 2.21. The molecule has 4 heteroatoms. The van der Waals surface area contributed by atoms with Crippen molar-refractivity contribution in [2.75, 3.05) is 25.4 Å². The molecule has 0 saturated carbocycles. The minimum Gasteiger partial charge on any atom is -0.398 e. The number of amides is 1. The first kappa shape index (κ1) is 14.9. The highest BCUT2D eigenvalue weighted by molar-refractivity contribution is 5.99. The molecule has 0 unspecified atom stereocenters. The number of nitrogens with one attached hydrogen (secondary N) is 1. The molecule has 1 heterocycles. The van der Waals surface area contributed by atoms with Crippen molar-refractivity contribution in [1.82, 2.24) is 10.2 Å². The number of benzene rings is 1. The number of nitrogens with zero attached hydrogens (tertiary/aromatic N) is 1. The number of likely N-dealkylation sites (tertiary alicyclic amines) is 1. The summed E-state index contributed by atoms with van der Waals surface area (Å²) in [6.07, 6.45) is 2.04. The van der Waals surface area contributed by atoms with Crippen molar-refractivity contribution in [3.63, 3.8) is 0 Å². The second-order valence-electron chi connectivity index (χ2n) is 6.03. The van der Waals surface area contributed by atoms with Crippen LogP contribution in [0.15, 0.2) is 24.3 Å². The van der Waals surface area contributed by atoms with E-state index in [1.54, 1.807) is 12.1 Å². The molecule has 1 fully saturated rings. The van der Waals surface area contributed by atoms with Gasteiger partial charge in [0.1, 0.15) is 0 Å². The second kappa shape index (κ2) is 6.75. The van der Waals surface area contributed by atoms with Crippen LogP contribution in [-0.2, 0) is 0 Å². The standard InChI is InChI=1S/C16H25N3O/c1-12(2)11-19-9-7-13(8-10-19)18-16(20)14-5-3-4-6-15(14)17/h3-6,12-13H,7-11,17H2,1-2H3,(H,18,20). The van der Waals surface area contributed by atoms with Gasteiger partial charge in [0.05, 0.1) is 5.56 Å². The lowest BCUT2D eigenvalue weighted by atomic mass is 10.0. The Labute approximate surface area is 121 Å². The molecule has 0 spiro atoms. The van der Waals surface area contributed by atoms with Gasteiger partial charge in [-0.3, -0.25) is 4.79 Å². The maximum Gasteiger partial charge on any atom is 0.253 e. The second-order valence-corrected chi connectivity index (χ2v) is 6.03. The maximum atomic E-state index is 12.2. The average Bonchev–Trinajstić information content (AvgIpc) is 2.41. The molecule has 3 N–H and O–H groups in total. The van der Waals surface area contributed by atoms with Crippen molar-refractivity contribution in [1.29, 1.82) is 0 Å². The molecular formula is C16H25N3O. The number of carbonyl (C=O) groups excluding carboxylic acids is 1. The van der Waals surface area contributed by atoms with E-state index < -0.39 is 0 Å². The van der Waals surface area contributed by atoms with Gasteiger partial charge in [0.25, 0.3) is 5.91 Å². The van der Waals surface area contributed by atoms with E-state index in [2.05, 4.69) is 24.1 Å². The molecule has 0 radical (unpaired) electrons. The molecule has 1 aliphatic heterocycles. The van der Waals surface area contributed by atoms with Gasteiger partial charge < -0.3 is 16.0 Å². The zero-order valence-corrected chi connectivity index (χ0v) is 12.4. The summed E-state index contributed by atoms with van der Waals surface area (Å²) in [5.74, 6) is 0.649. The monoisotopic (exact) mass is 275 g/mol. The quantitative estimate of drug-likeness (QED) is 0.828. The van der Waals surface area contributed by atoms with Gasteiger partial charge in [-0.15, -0.1) is 0 Å². The first-order valence-corrected chi connectivity index (χ1v) is 7.44. The van der Waals surface area contributed by atoms with E-state index in [0.29, 0.717) is 17.2 Å². The van der Waals surface area contributed by atoms with Crippen molar-refractivity contribution >= 4 is 11.6 Å². The molecule has 0 aliphatic carbocycles. The summed E-state index contributed by atoms with van der Waals surface area (Å²) in [6, 6.07) is 7.50. The predicted octanol–water partition coefficient (Wildman–Crippen LogP) is 2.12. The number of para-hydroxylation sites is 1. The van der Waals surface area contributed by atoms with Crippen LogP contribution in [0, 0.1) is 5.92 Å². The van der Waals surface area contributed by atoms with E-state index in [0.717, 1.165) is 32.5 Å². The number of piperidine rings is 1. The van der Waals surface area contributed by atoms with E-state index in [-0.39, 0.29) is 11.9 Å². The molecule has 4 nitrogen and oxygen atoms in total. The number of hydrogen-bond donors (Lipinski definition) is 2. The summed E-state index contributed by atoms with van der Waals surface area (Å²) in [5.41, 5.74) is 6.96. The summed E-state index contributed by atoms with van der Waals surface area (Å²) in [7, 11) is 0. The number of hydrogen-bond acceptors (Lipinski definition) is 3. The van der Waals surface area contributed by atoms with E-state index >= 15 is 0 Å². The molecule has 1 aromatic rings. The fourth-order valence-corrected chi connectivity index (χ4v) is 2.74. The van der Waals surface area contributed by atoms with Gasteiger partial charge >= 0.3 is 0 Å². The van der Waals surface area contributed by atoms with Crippen LogP contribution >= 0.6 is 0 Å². The Balaban J connectivity index is 1.84. The van der Waals surface area contributed by atoms with Crippen LogP contribution in [0.4, 0.5) is 5.69 Å². The Morgan fingerprint density at radius 2 is 2.00 bits per heavy atom. The lowest BCUT2D eigenvalue weighted by Crippen LogP contribution is -2.45. The largest absolute Gasteiger partial charge is 0.398 e. The normalized spacial score (nSPS) is 17.4. The molecule has 1 saturated heterocycles. The zero-order chi connectivity index (χ0) is 14.5. The highest BCUT2D eigenvalue weighted by atomic mass is 16.1. The van der Waals surface area contributed by atoms with Crippen molar-refractivity contribution in [3.05, 3.63) is 29.8 Å². The molecular weight excluding hydrogens is 250 g/mol. The summed E-state index contributed by atoms with van der Waals surface area (Å²) in [4.78, 5) is 14.7. The van der Waals surface area contributed by atoms with Crippen LogP contribution in [0.5, 0.6) is 0 Å². The minimum absolute atomic E-state index is 0.0505. The zero-order valence-electron chi connectivity index (χ0n) is 12.4. The number of nitrogen functional groups attached to an aromatic ring is 1. The first-order chi connectivity index (χ1) is 9.56. The van der Waals surface area contributed by atoms with E-state index in [4.69, 9.17) is 5.73 Å². The molecule has 0 aromatic heterocycles. The van der Waals surface area contributed by atoms with Crippen LogP contribution < -0.4 is 11.1 Å². The molecule has 0 bridgehead atoms. The fourth-order valence-electron chi connectivity index (χ4n) is 2.74. The summed E-state index contributed by atoms with van der Waals surface area (Å²) < 4.78 is 0. The van der Waals surface area contributed by atoms with Crippen LogP contribution in [0.25, 0.3) is 0 Å². The average molecular weight is 275 g/mol. The van der Waals surface area contributed by atoms with Gasteiger partial charge in [-0.1, -0.05) is 26.0 Å². The van der Waals surface area contributed by atoms with Gasteiger partial charge in [-0.2, -0.15) is 0 Å². The van der Waals surface area contributed by atoms with E-state index in [1.807, 2.05) is 12.1 Å². The van der Waals surface area contributed by atoms with E-state index in [1.165, 1.54) is 0 Å². The van der Waals surface area contributed by atoms with Gasteiger partial charge in [-0.05, 0) is 30.9 Å². The minimum atomic E-state index is -0.0505. The van der Waals surface area contributed by atoms with Crippen LogP contribution in [0.2, 0.25) is 0 Å². The first-order valence-electron chi connectivity index (χ1n) is 7.44. The maximum absolute atomic E-state index is 12.2. The molecule has 2 rings (SSSR count). The Bertz CT molecular complexity index is 451. The number of nitrogens with two attached hydrogens (primary N) is 1. The van der Waals surface area contributed by atoms with Crippen LogP contribution in [0.1, 0.15) is 37.0 Å². The molecule has 1 amide bonds. The molecule has 20 heavy (non-hydrogen) atoms. The molecule has 1 aromatic carbocycles. The van der Waals surface area contributed by atoms with E-state index in [9.17, 15) is 4.79 Å². The summed E-state index contributed by atoms with van der Waals surface area (Å²) in [6.45, 7) is 7.76. The van der Waals surface area contributed by atoms with Gasteiger partial charge in [-0.25, -0.2) is 0 Å². The van der Waals surface area contributed by atoms with Gasteiger partial charge in [0.15, 0.2) is 0 Å². The smallest absolute Gasteiger partial charge is 0.253 e. The van der Waals surface area contributed by atoms with Gasteiger partial charge in [0, 0.05) is 31.4 Å². The highest BCUT2D eigenvalue weighted by Crippen LogP contribution is 2.15. The molecule has 110 valence electrons. The van der Waals surface area contributed by atoms with Crippen LogP contribution in [0.3, 0.4) is 0 Å². The molecule has 1 aliphatic rings. The molecule has 0 atom stereocenters. The fraction of sp³-hybridized carbons (Fsp3) is 0.562. The topological polar surface area (TPSA) is 58.4 Å². The predicted molar refractivity (Wildman–Crippen MR) is 82.6 cm³/mol. The van der Waals surface area contributed by atoms with Crippen molar-refractivity contribution < 1.29 is 4.79 Å². The van der Waals surface area contributed by atoms with Crippen molar-refractivity contribution in [2.24, 2.45) is 5.92 Å². The Morgan fingerprint density at radius 3 is 2.60 bits per heavy atom. The SMILES string of the molecule is CC(C)CN1CCC(NC(=O)c2ccccc2N)CC1. The Morgan fingerprint density at radius 1 is 1.35 bits per heavy atom. The third-order valence-corrected chi connectivity index (χ3v) is 3.75. The lowest BCUT2D eigenvalue weighted by molar-refractivity contribution is 0.0908. The third kappa shape index (κ3) is 3.97. The van der Waals surface area contributed by atoms with Crippen molar-refractivity contribution in [2.45, 2.75) is 32.7 Å². The Hall–Kier alpha value is -1.55. The summed E-state index contributed by atoms with van der Waals surface area (Å²) in [5, 5.41) is 3.10. The lowest BCUT2D eigenvalue weighted by Gasteiger charge is -2.33. The number of anilines is 1. The third-order valence-electron chi connectivity index (χ3n) is 3.75. The summed E-state index contributed by atoms with van der Waals surface area (Å²) >= 11 is 0. The van der Waals surface area contributed by atoms with Crippen molar-refractivity contribution in [3.8, 4) is 0 Å².